The molecule has 0 saturated heterocycles. The first kappa shape index (κ1) is 13.7. The standard InChI is InChI=1S/C15H20N2O2/c1-2-5-13(16)14(18)15(19)17-12-8-10-6-3-4-7-11(10)9-12/h3-4,6-7,12-13H,2,5,8-9,16H2,1H3,(H,17,19). The van der Waals surface area contributed by atoms with Crippen LogP contribution < -0.4 is 11.1 Å². The van der Waals surface area contributed by atoms with Gasteiger partial charge in [-0.3, -0.25) is 9.59 Å². The number of nitrogens with one attached hydrogen (secondary N) is 1. The average molecular weight is 260 g/mol. The normalized spacial score (nSPS) is 15.9. The predicted octanol–water partition coefficient (Wildman–Crippen LogP) is 0.967. The van der Waals surface area contributed by atoms with Crippen molar-refractivity contribution in [2.75, 3.05) is 0 Å². The summed E-state index contributed by atoms with van der Waals surface area (Å²) in [4.78, 5) is 23.6. The van der Waals surface area contributed by atoms with E-state index in [1.807, 2.05) is 19.1 Å². The van der Waals surface area contributed by atoms with E-state index in [0.29, 0.717) is 6.42 Å². The molecule has 102 valence electrons. The molecule has 0 heterocycles. The Hall–Kier alpha value is -1.68. The fourth-order valence-corrected chi connectivity index (χ4v) is 2.53. The van der Waals surface area contributed by atoms with Crippen molar-refractivity contribution >= 4 is 11.7 Å². The monoisotopic (exact) mass is 260 g/mol. The molecule has 1 aliphatic carbocycles. The smallest absolute Gasteiger partial charge is 0.289 e. The topological polar surface area (TPSA) is 72.2 Å². The van der Waals surface area contributed by atoms with Gasteiger partial charge in [0.25, 0.3) is 5.91 Å². The zero-order valence-electron chi connectivity index (χ0n) is 11.2. The van der Waals surface area contributed by atoms with Crippen molar-refractivity contribution in [3.05, 3.63) is 35.4 Å². The highest BCUT2D eigenvalue weighted by molar-refractivity contribution is 6.38. The Kier molecular flexibility index (Phi) is 4.32. The minimum absolute atomic E-state index is 0.0164. The van der Waals surface area contributed by atoms with Gasteiger partial charge in [-0.2, -0.15) is 0 Å². The summed E-state index contributed by atoms with van der Waals surface area (Å²) in [5, 5.41) is 2.80. The molecule has 1 unspecified atom stereocenters. The first-order valence-corrected chi connectivity index (χ1v) is 6.79. The Balaban J connectivity index is 1.90. The van der Waals surface area contributed by atoms with Crippen molar-refractivity contribution in [2.24, 2.45) is 5.73 Å². The van der Waals surface area contributed by atoms with Crippen LogP contribution in [0.15, 0.2) is 24.3 Å². The molecule has 1 aromatic carbocycles. The zero-order valence-corrected chi connectivity index (χ0v) is 11.2. The molecule has 0 radical (unpaired) electrons. The van der Waals surface area contributed by atoms with E-state index in [0.717, 1.165) is 19.3 Å². The van der Waals surface area contributed by atoms with Gasteiger partial charge >= 0.3 is 0 Å². The van der Waals surface area contributed by atoms with Crippen LogP contribution in [0, 0.1) is 0 Å². The van der Waals surface area contributed by atoms with E-state index in [1.54, 1.807) is 0 Å². The summed E-state index contributed by atoms with van der Waals surface area (Å²) in [7, 11) is 0. The van der Waals surface area contributed by atoms with E-state index in [1.165, 1.54) is 11.1 Å². The van der Waals surface area contributed by atoms with Gasteiger partial charge in [0, 0.05) is 6.04 Å². The Morgan fingerprint density at radius 3 is 2.42 bits per heavy atom. The number of rotatable bonds is 5. The number of fused-ring (bicyclic) bond motifs is 1. The molecule has 1 amide bonds. The third kappa shape index (κ3) is 3.20. The molecule has 3 N–H and O–H groups in total. The van der Waals surface area contributed by atoms with Crippen LogP contribution in [0.5, 0.6) is 0 Å². The van der Waals surface area contributed by atoms with E-state index in [9.17, 15) is 9.59 Å². The highest BCUT2D eigenvalue weighted by Crippen LogP contribution is 2.21. The number of amides is 1. The first-order chi connectivity index (χ1) is 9.11. The molecule has 1 aliphatic rings. The molecule has 1 atom stereocenters. The molecule has 0 spiro atoms. The van der Waals surface area contributed by atoms with E-state index in [2.05, 4.69) is 17.4 Å². The maximum absolute atomic E-state index is 11.8. The fourth-order valence-electron chi connectivity index (χ4n) is 2.53. The third-order valence-corrected chi connectivity index (χ3v) is 3.55. The lowest BCUT2D eigenvalue weighted by Gasteiger charge is -2.13. The lowest BCUT2D eigenvalue weighted by atomic mass is 10.1. The minimum atomic E-state index is -0.672. The number of hydrogen-bond donors (Lipinski definition) is 2. The summed E-state index contributed by atoms with van der Waals surface area (Å²) >= 11 is 0. The second-order valence-corrected chi connectivity index (χ2v) is 5.11. The van der Waals surface area contributed by atoms with Crippen LogP contribution in [0.2, 0.25) is 0 Å². The number of carbonyl (C=O) groups is 2. The van der Waals surface area contributed by atoms with Gasteiger partial charge in [-0.05, 0) is 30.4 Å². The van der Waals surface area contributed by atoms with Gasteiger partial charge < -0.3 is 11.1 Å². The van der Waals surface area contributed by atoms with Crippen LogP contribution in [-0.4, -0.2) is 23.8 Å². The zero-order chi connectivity index (χ0) is 13.8. The minimum Gasteiger partial charge on any atom is -0.346 e. The third-order valence-electron chi connectivity index (χ3n) is 3.55. The molecule has 2 rings (SSSR count). The van der Waals surface area contributed by atoms with E-state index >= 15 is 0 Å². The van der Waals surface area contributed by atoms with Gasteiger partial charge in [0.1, 0.15) is 0 Å². The van der Waals surface area contributed by atoms with E-state index in [-0.39, 0.29) is 6.04 Å². The molecule has 0 fully saturated rings. The van der Waals surface area contributed by atoms with Crippen molar-refractivity contribution in [2.45, 2.75) is 44.7 Å². The summed E-state index contributed by atoms with van der Waals surface area (Å²) in [6.45, 7) is 1.94. The molecule has 0 saturated carbocycles. The second kappa shape index (κ2) is 5.97. The molecule has 19 heavy (non-hydrogen) atoms. The summed E-state index contributed by atoms with van der Waals surface area (Å²) in [5.74, 6) is -1.04. The van der Waals surface area contributed by atoms with Crippen molar-refractivity contribution < 1.29 is 9.59 Å². The fraction of sp³-hybridized carbons (Fsp3) is 0.467. The summed E-state index contributed by atoms with van der Waals surface area (Å²) in [6.07, 6.45) is 2.93. The summed E-state index contributed by atoms with van der Waals surface area (Å²) in [6, 6.07) is 7.45. The molecule has 4 heteroatoms. The van der Waals surface area contributed by atoms with Gasteiger partial charge in [0.2, 0.25) is 5.78 Å². The summed E-state index contributed by atoms with van der Waals surface area (Å²) < 4.78 is 0. The number of ketones is 1. The molecular weight excluding hydrogens is 240 g/mol. The number of Topliss-reactive ketones (excluding diaryl/α,β-unsaturated/α-hetero) is 1. The van der Waals surface area contributed by atoms with Gasteiger partial charge in [-0.1, -0.05) is 37.6 Å². The molecule has 0 bridgehead atoms. The molecular formula is C15H20N2O2. The number of nitrogens with two attached hydrogens (primary N) is 1. The molecule has 0 aliphatic heterocycles. The average Bonchev–Trinajstić information content (AvgIpc) is 2.80. The molecule has 4 nitrogen and oxygen atoms in total. The quantitative estimate of drug-likeness (QED) is 0.775. The van der Waals surface area contributed by atoms with Crippen LogP contribution in [0.3, 0.4) is 0 Å². The lowest BCUT2D eigenvalue weighted by Crippen LogP contribution is -2.46. The Morgan fingerprint density at radius 2 is 1.89 bits per heavy atom. The van der Waals surface area contributed by atoms with Crippen LogP contribution in [-0.2, 0) is 22.4 Å². The van der Waals surface area contributed by atoms with E-state index in [4.69, 9.17) is 5.73 Å². The second-order valence-electron chi connectivity index (χ2n) is 5.11. The van der Waals surface area contributed by atoms with Crippen molar-refractivity contribution in [1.29, 1.82) is 0 Å². The van der Waals surface area contributed by atoms with Gasteiger partial charge in [-0.25, -0.2) is 0 Å². The first-order valence-electron chi connectivity index (χ1n) is 6.79. The maximum atomic E-state index is 11.8. The highest BCUT2D eigenvalue weighted by Gasteiger charge is 2.27. The van der Waals surface area contributed by atoms with Crippen molar-refractivity contribution in [1.82, 2.24) is 5.32 Å². The van der Waals surface area contributed by atoms with Crippen molar-refractivity contribution in [3.8, 4) is 0 Å². The van der Waals surface area contributed by atoms with Crippen molar-refractivity contribution in [3.63, 3.8) is 0 Å². The van der Waals surface area contributed by atoms with Crippen LogP contribution >= 0.6 is 0 Å². The molecule has 0 aromatic heterocycles. The maximum Gasteiger partial charge on any atom is 0.289 e. The predicted molar refractivity (Wildman–Crippen MR) is 73.7 cm³/mol. The summed E-state index contributed by atoms with van der Waals surface area (Å²) in [5.41, 5.74) is 8.17. The number of carbonyl (C=O) groups excluding carboxylic acids is 2. The van der Waals surface area contributed by atoms with Gasteiger partial charge in [-0.15, -0.1) is 0 Å². The highest BCUT2D eigenvalue weighted by atomic mass is 16.2. The number of benzene rings is 1. The van der Waals surface area contributed by atoms with Gasteiger partial charge in [0.15, 0.2) is 0 Å². The lowest BCUT2D eigenvalue weighted by molar-refractivity contribution is -0.139. The van der Waals surface area contributed by atoms with Crippen LogP contribution in [0.4, 0.5) is 0 Å². The van der Waals surface area contributed by atoms with E-state index < -0.39 is 17.7 Å². The van der Waals surface area contributed by atoms with Crippen LogP contribution in [0.1, 0.15) is 30.9 Å². The van der Waals surface area contributed by atoms with Gasteiger partial charge in [0.05, 0.1) is 6.04 Å². The van der Waals surface area contributed by atoms with Crippen LogP contribution in [0.25, 0.3) is 0 Å². The largest absolute Gasteiger partial charge is 0.346 e. The number of hydrogen-bond acceptors (Lipinski definition) is 3. The Morgan fingerprint density at radius 1 is 1.32 bits per heavy atom. The Bertz CT molecular complexity index is 460. The SMILES string of the molecule is CCCC(N)C(=O)C(=O)NC1Cc2ccccc2C1. The Labute approximate surface area is 113 Å². The molecule has 1 aromatic rings.